The van der Waals surface area contributed by atoms with E-state index in [1.807, 2.05) is 54.6 Å². The molecule has 3 N–H and O–H groups in total. The summed E-state index contributed by atoms with van der Waals surface area (Å²) < 4.78 is 12.4. The number of anilines is 1. The van der Waals surface area contributed by atoms with Gasteiger partial charge in [-0.15, -0.1) is 12.4 Å². The Morgan fingerprint density at radius 3 is 2.42 bits per heavy atom. The van der Waals surface area contributed by atoms with Gasteiger partial charge in [-0.3, -0.25) is 9.00 Å². The normalized spacial score (nSPS) is 17.0. The Balaban J connectivity index is 0.00000243. The highest BCUT2D eigenvalue weighted by atomic mass is 35.5. The first-order valence-electron chi connectivity index (χ1n) is 8.69. The van der Waals surface area contributed by atoms with E-state index in [9.17, 15) is 9.00 Å². The van der Waals surface area contributed by atoms with E-state index in [1.165, 1.54) is 0 Å². The average Bonchev–Trinajstić information content (AvgIpc) is 2.63. The van der Waals surface area contributed by atoms with Crippen molar-refractivity contribution >= 4 is 34.8 Å². The van der Waals surface area contributed by atoms with E-state index < -0.39 is 16.3 Å². The van der Waals surface area contributed by atoms with Crippen LogP contribution in [0.25, 0.3) is 0 Å². The van der Waals surface area contributed by atoms with Gasteiger partial charge in [-0.25, -0.2) is 0 Å². The lowest BCUT2D eigenvalue weighted by Gasteiger charge is -2.31. The van der Waals surface area contributed by atoms with Gasteiger partial charge in [0.25, 0.3) is 0 Å². The number of halogens is 1. The topological polar surface area (TPSA) is 72.2 Å². The number of benzene rings is 2. The molecule has 2 aromatic rings. The molecule has 0 heterocycles. The monoisotopic (exact) mass is 392 g/mol. The van der Waals surface area contributed by atoms with Crippen LogP contribution in [0.2, 0.25) is 0 Å². The first kappa shape index (κ1) is 20.6. The first-order chi connectivity index (χ1) is 12.1. The Hall–Kier alpha value is -1.69. The molecule has 26 heavy (non-hydrogen) atoms. The lowest BCUT2D eigenvalue weighted by atomic mass is 9.82. The van der Waals surface area contributed by atoms with Crippen molar-refractivity contribution in [1.29, 1.82) is 0 Å². The molecular weight excluding hydrogens is 368 g/mol. The highest BCUT2D eigenvalue weighted by Crippen LogP contribution is 2.27. The molecule has 0 spiro atoms. The van der Waals surface area contributed by atoms with E-state index in [1.54, 1.807) is 0 Å². The Morgan fingerprint density at radius 1 is 1.04 bits per heavy atom. The molecule has 6 heteroatoms. The molecule has 1 fully saturated rings. The number of nitrogens with two attached hydrogens (primary N) is 1. The summed E-state index contributed by atoms with van der Waals surface area (Å²) in [6, 6.07) is 16.9. The van der Waals surface area contributed by atoms with Crippen molar-refractivity contribution in [3.63, 3.8) is 0 Å². The van der Waals surface area contributed by atoms with Crippen molar-refractivity contribution < 1.29 is 9.00 Å². The number of carbonyl (C=O) groups is 1. The molecule has 1 aliphatic carbocycles. The van der Waals surface area contributed by atoms with Gasteiger partial charge < -0.3 is 11.1 Å². The van der Waals surface area contributed by atoms with E-state index in [2.05, 4.69) is 5.32 Å². The first-order valence-corrected chi connectivity index (χ1v) is 10.0. The Bertz CT molecular complexity index is 761. The van der Waals surface area contributed by atoms with Crippen LogP contribution in [-0.2, 0) is 21.3 Å². The molecule has 1 saturated carbocycles. The zero-order chi connectivity index (χ0) is 17.7. The molecular formula is C20H25ClN2O2S. The molecule has 2 aromatic carbocycles. The maximum atomic E-state index is 12.5. The van der Waals surface area contributed by atoms with Crippen LogP contribution >= 0.6 is 12.4 Å². The van der Waals surface area contributed by atoms with Crippen LogP contribution in [0, 0.1) is 0 Å². The molecule has 0 aliphatic heterocycles. The number of carbonyl (C=O) groups excluding carboxylic acids is 1. The summed E-state index contributed by atoms with van der Waals surface area (Å²) in [4.78, 5) is 13.4. The minimum atomic E-state index is -1.11. The lowest BCUT2D eigenvalue weighted by molar-refractivity contribution is -0.122. The molecule has 1 unspecified atom stereocenters. The maximum Gasteiger partial charge on any atom is 0.244 e. The Kier molecular flexibility index (Phi) is 7.38. The summed E-state index contributed by atoms with van der Waals surface area (Å²) in [7, 11) is -1.11. The number of nitrogens with one attached hydrogen (secondary N) is 1. The number of hydrogen-bond donors (Lipinski definition) is 2. The summed E-state index contributed by atoms with van der Waals surface area (Å²) in [5.74, 6) is 0.301. The molecule has 3 rings (SSSR count). The summed E-state index contributed by atoms with van der Waals surface area (Å²) in [5, 5.41) is 2.94. The molecule has 1 amide bonds. The minimum Gasteiger partial charge on any atom is -0.324 e. The zero-order valence-corrected chi connectivity index (χ0v) is 16.3. The van der Waals surface area contributed by atoms with Crippen molar-refractivity contribution in [2.45, 2.75) is 48.3 Å². The molecule has 0 aromatic heterocycles. The van der Waals surface area contributed by atoms with Gasteiger partial charge in [-0.05, 0) is 42.7 Å². The van der Waals surface area contributed by atoms with E-state index in [0.717, 1.165) is 42.6 Å². The van der Waals surface area contributed by atoms with Gasteiger partial charge in [0.2, 0.25) is 5.91 Å². The Labute approximate surface area is 163 Å². The second kappa shape index (κ2) is 9.31. The minimum absolute atomic E-state index is 0. The van der Waals surface area contributed by atoms with Gasteiger partial charge in [0.1, 0.15) is 0 Å². The molecule has 0 saturated heterocycles. The fraction of sp³-hybridized carbons (Fsp3) is 0.350. The molecule has 140 valence electrons. The lowest BCUT2D eigenvalue weighted by Crippen LogP contribution is -2.52. The third-order valence-corrected chi connectivity index (χ3v) is 6.08. The quantitative estimate of drug-likeness (QED) is 0.807. The highest BCUT2D eigenvalue weighted by Gasteiger charge is 2.35. The third-order valence-electron chi connectivity index (χ3n) is 4.69. The number of amides is 1. The van der Waals surface area contributed by atoms with E-state index in [-0.39, 0.29) is 18.3 Å². The van der Waals surface area contributed by atoms with E-state index in [4.69, 9.17) is 5.73 Å². The number of hydrogen-bond acceptors (Lipinski definition) is 3. The fourth-order valence-corrected chi connectivity index (χ4v) is 4.32. The smallest absolute Gasteiger partial charge is 0.244 e. The van der Waals surface area contributed by atoms with Gasteiger partial charge in [0.05, 0.1) is 22.1 Å². The van der Waals surface area contributed by atoms with Crippen LogP contribution in [-0.4, -0.2) is 15.7 Å². The van der Waals surface area contributed by atoms with Crippen molar-refractivity contribution in [3.05, 3.63) is 60.2 Å². The van der Waals surface area contributed by atoms with Crippen molar-refractivity contribution in [3.8, 4) is 0 Å². The van der Waals surface area contributed by atoms with Gasteiger partial charge in [0, 0.05) is 10.6 Å². The van der Waals surface area contributed by atoms with Crippen molar-refractivity contribution in [2.75, 3.05) is 5.32 Å². The fourth-order valence-electron chi connectivity index (χ4n) is 3.21. The van der Waals surface area contributed by atoms with Crippen LogP contribution < -0.4 is 11.1 Å². The Morgan fingerprint density at radius 2 is 1.73 bits per heavy atom. The van der Waals surface area contributed by atoms with Crippen LogP contribution in [0.3, 0.4) is 0 Å². The van der Waals surface area contributed by atoms with Crippen LogP contribution in [0.15, 0.2) is 59.5 Å². The van der Waals surface area contributed by atoms with Crippen molar-refractivity contribution in [2.24, 2.45) is 5.73 Å². The van der Waals surface area contributed by atoms with E-state index >= 15 is 0 Å². The van der Waals surface area contributed by atoms with Gasteiger partial charge >= 0.3 is 0 Å². The maximum absolute atomic E-state index is 12.5. The van der Waals surface area contributed by atoms with Crippen molar-refractivity contribution in [1.82, 2.24) is 0 Å². The van der Waals surface area contributed by atoms with E-state index in [0.29, 0.717) is 11.4 Å². The molecule has 4 nitrogen and oxygen atoms in total. The highest BCUT2D eigenvalue weighted by molar-refractivity contribution is 7.84. The SMILES string of the molecule is Cl.NC1(C(=O)Nc2cccc(CS(=O)c3ccccc3)c2)CCCCC1. The number of rotatable bonds is 5. The predicted octanol–water partition coefficient (Wildman–Crippen LogP) is 4.02. The van der Waals surface area contributed by atoms with Gasteiger partial charge in [-0.2, -0.15) is 0 Å². The summed E-state index contributed by atoms with van der Waals surface area (Å²) in [6.07, 6.45) is 4.61. The standard InChI is InChI=1S/C20H24N2O2S.ClH/c21-20(12-5-2-6-13-20)19(23)22-17-9-7-8-16(14-17)15-25(24)18-10-3-1-4-11-18;/h1,3-4,7-11,14H,2,5-6,12-13,15,21H2,(H,22,23);1H. The summed E-state index contributed by atoms with van der Waals surface area (Å²) >= 11 is 0. The van der Waals surface area contributed by atoms with Gasteiger partial charge in [-0.1, -0.05) is 49.6 Å². The summed E-state index contributed by atoms with van der Waals surface area (Å²) in [6.45, 7) is 0. The third kappa shape index (κ3) is 5.16. The van der Waals surface area contributed by atoms with Gasteiger partial charge in [0.15, 0.2) is 0 Å². The summed E-state index contributed by atoms with van der Waals surface area (Å²) in [5.41, 5.74) is 7.16. The second-order valence-electron chi connectivity index (χ2n) is 6.67. The molecule has 1 atom stereocenters. The van der Waals surface area contributed by atoms with Crippen LogP contribution in [0.5, 0.6) is 0 Å². The largest absolute Gasteiger partial charge is 0.324 e. The zero-order valence-electron chi connectivity index (χ0n) is 14.6. The van der Waals surface area contributed by atoms with Crippen LogP contribution in [0.1, 0.15) is 37.7 Å². The average molecular weight is 393 g/mol. The van der Waals surface area contributed by atoms with Crippen LogP contribution in [0.4, 0.5) is 5.69 Å². The second-order valence-corrected chi connectivity index (χ2v) is 8.13. The molecule has 0 bridgehead atoms. The molecule has 0 radical (unpaired) electrons. The predicted molar refractivity (Wildman–Crippen MR) is 109 cm³/mol. The molecule has 1 aliphatic rings.